The van der Waals surface area contributed by atoms with E-state index < -0.39 is 0 Å². The smallest absolute Gasteiger partial charge is 0.251 e. The summed E-state index contributed by atoms with van der Waals surface area (Å²) < 4.78 is 2.02. The normalized spacial score (nSPS) is 14.2. The van der Waals surface area contributed by atoms with Crippen molar-refractivity contribution in [1.82, 2.24) is 9.88 Å². The number of fused-ring (bicyclic) bond motifs is 1. The fourth-order valence-corrected chi connectivity index (χ4v) is 2.33. The quantitative estimate of drug-likeness (QED) is 0.879. The third kappa shape index (κ3) is 2.85. The third-order valence-electron chi connectivity index (χ3n) is 3.99. The first-order valence-corrected chi connectivity index (χ1v) is 7.03. The first kappa shape index (κ1) is 14.6. The lowest BCUT2D eigenvalue weighted by atomic mass is 9.99. The molecule has 1 amide bonds. The van der Waals surface area contributed by atoms with E-state index in [2.05, 4.69) is 12.2 Å². The van der Waals surface area contributed by atoms with Crippen LogP contribution in [0, 0.1) is 5.92 Å². The molecule has 0 saturated heterocycles. The molecule has 0 fully saturated rings. The number of carbonyl (C=O) groups is 1. The molecule has 1 aromatic heterocycles. The van der Waals surface area contributed by atoms with Crippen LogP contribution in [0.4, 0.5) is 0 Å². The summed E-state index contributed by atoms with van der Waals surface area (Å²) in [6, 6.07) is 7.45. The number of nitrogens with zero attached hydrogens (tertiary/aromatic N) is 1. The van der Waals surface area contributed by atoms with Crippen molar-refractivity contribution in [3.63, 3.8) is 0 Å². The van der Waals surface area contributed by atoms with Gasteiger partial charge in [0.1, 0.15) is 0 Å². The lowest BCUT2D eigenvalue weighted by Crippen LogP contribution is -2.41. The second-order valence-corrected chi connectivity index (χ2v) is 5.35. The topological polar surface area (TPSA) is 54.3 Å². The predicted molar refractivity (Wildman–Crippen MR) is 80.7 cm³/mol. The number of rotatable bonds is 5. The van der Waals surface area contributed by atoms with E-state index in [1.165, 1.54) is 0 Å². The van der Waals surface area contributed by atoms with E-state index in [1.807, 2.05) is 49.0 Å². The highest BCUT2D eigenvalue weighted by Crippen LogP contribution is 2.17. The molecule has 0 bridgehead atoms. The minimum atomic E-state index is -0.195. The molecular weight excluding hydrogens is 252 g/mol. The Morgan fingerprint density at radius 2 is 2.15 bits per heavy atom. The number of carbonyl (C=O) groups excluding carboxylic acids is 1. The number of aliphatic hydroxyl groups excluding tert-OH is 1. The van der Waals surface area contributed by atoms with Crippen molar-refractivity contribution < 1.29 is 9.90 Å². The van der Waals surface area contributed by atoms with E-state index >= 15 is 0 Å². The number of nitrogens with one attached hydrogen (secondary N) is 1. The average Bonchev–Trinajstić information content (AvgIpc) is 2.84. The van der Waals surface area contributed by atoms with Gasteiger partial charge >= 0.3 is 0 Å². The number of benzene rings is 1. The van der Waals surface area contributed by atoms with Gasteiger partial charge in [-0.25, -0.2) is 0 Å². The van der Waals surface area contributed by atoms with Gasteiger partial charge in [-0.05, 0) is 30.2 Å². The number of aryl methyl sites for hydroxylation is 1. The maximum Gasteiger partial charge on any atom is 0.251 e. The van der Waals surface area contributed by atoms with Crippen molar-refractivity contribution in [2.45, 2.75) is 26.3 Å². The van der Waals surface area contributed by atoms with Gasteiger partial charge in [0.25, 0.3) is 5.91 Å². The predicted octanol–water partition coefficient (Wildman–Crippen LogP) is 2.32. The summed E-state index contributed by atoms with van der Waals surface area (Å²) in [6.45, 7) is 4.05. The van der Waals surface area contributed by atoms with Gasteiger partial charge in [0.2, 0.25) is 0 Å². The number of aliphatic hydroxyl groups is 1. The van der Waals surface area contributed by atoms with Crippen molar-refractivity contribution in [2.24, 2.45) is 13.0 Å². The molecule has 1 heterocycles. The van der Waals surface area contributed by atoms with Crippen molar-refractivity contribution >= 4 is 16.8 Å². The summed E-state index contributed by atoms with van der Waals surface area (Å²) in [5.41, 5.74) is 1.73. The van der Waals surface area contributed by atoms with Crippen molar-refractivity contribution in [1.29, 1.82) is 0 Å². The average molecular weight is 274 g/mol. The fraction of sp³-hybridized carbons (Fsp3) is 0.438. The van der Waals surface area contributed by atoms with Crippen molar-refractivity contribution in [2.75, 3.05) is 6.61 Å². The summed E-state index contributed by atoms with van der Waals surface area (Å²) in [7, 11) is 1.98. The highest BCUT2D eigenvalue weighted by Gasteiger charge is 2.18. The molecule has 2 aromatic rings. The molecule has 0 spiro atoms. The van der Waals surface area contributed by atoms with Crippen LogP contribution in [0.5, 0.6) is 0 Å². The molecule has 0 aliphatic rings. The summed E-state index contributed by atoms with van der Waals surface area (Å²) in [5, 5.41) is 13.3. The summed E-state index contributed by atoms with van der Waals surface area (Å²) in [5.74, 6) is 0.125. The zero-order chi connectivity index (χ0) is 14.7. The molecule has 2 N–H and O–H groups in total. The number of amides is 1. The molecule has 4 nitrogen and oxygen atoms in total. The molecule has 4 heteroatoms. The Morgan fingerprint density at radius 1 is 1.40 bits per heavy atom. The number of aromatic nitrogens is 1. The zero-order valence-electron chi connectivity index (χ0n) is 12.3. The molecule has 2 unspecified atom stereocenters. The summed E-state index contributed by atoms with van der Waals surface area (Å²) in [6.07, 6.45) is 2.89. The van der Waals surface area contributed by atoms with Crippen LogP contribution in [-0.2, 0) is 7.05 Å². The molecule has 0 aliphatic carbocycles. The van der Waals surface area contributed by atoms with E-state index in [-0.39, 0.29) is 24.5 Å². The maximum atomic E-state index is 12.3. The van der Waals surface area contributed by atoms with Gasteiger partial charge in [-0.1, -0.05) is 20.3 Å². The van der Waals surface area contributed by atoms with Gasteiger partial charge in [0.15, 0.2) is 0 Å². The van der Waals surface area contributed by atoms with E-state index in [1.54, 1.807) is 0 Å². The standard InChI is InChI=1S/C16H22N2O2/c1-4-11(2)14(10-19)17-16(20)13-5-6-15-12(9-13)7-8-18(15)3/h5-9,11,14,19H,4,10H2,1-3H3,(H,17,20). The Bertz CT molecular complexity index is 604. The fourth-order valence-electron chi connectivity index (χ4n) is 2.33. The summed E-state index contributed by atoms with van der Waals surface area (Å²) >= 11 is 0. The van der Waals surface area contributed by atoms with Crippen LogP contribution in [0.3, 0.4) is 0 Å². The van der Waals surface area contributed by atoms with Crippen molar-refractivity contribution in [3.05, 3.63) is 36.0 Å². The number of hydrogen-bond donors (Lipinski definition) is 2. The van der Waals surface area contributed by atoms with Gasteiger partial charge in [0.05, 0.1) is 12.6 Å². The minimum absolute atomic E-state index is 0.0334. The maximum absolute atomic E-state index is 12.3. The SMILES string of the molecule is CCC(C)C(CO)NC(=O)c1ccc2c(ccn2C)c1. The van der Waals surface area contributed by atoms with E-state index in [9.17, 15) is 9.90 Å². The van der Waals surface area contributed by atoms with Crippen LogP contribution < -0.4 is 5.32 Å². The Labute approximate surface area is 119 Å². The molecule has 20 heavy (non-hydrogen) atoms. The Hall–Kier alpha value is -1.81. The van der Waals surface area contributed by atoms with E-state index in [4.69, 9.17) is 0 Å². The largest absolute Gasteiger partial charge is 0.394 e. The second-order valence-electron chi connectivity index (χ2n) is 5.35. The van der Waals surface area contributed by atoms with Gasteiger partial charge in [-0.3, -0.25) is 4.79 Å². The summed E-state index contributed by atoms with van der Waals surface area (Å²) in [4.78, 5) is 12.3. The first-order chi connectivity index (χ1) is 9.56. The highest BCUT2D eigenvalue weighted by atomic mass is 16.3. The highest BCUT2D eigenvalue weighted by molar-refractivity contribution is 5.98. The van der Waals surface area contributed by atoms with Crippen molar-refractivity contribution in [3.8, 4) is 0 Å². The van der Waals surface area contributed by atoms with Crippen LogP contribution in [0.1, 0.15) is 30.6 Å². The Morgan fingerprint density at radius 3 is 2.80 bits per heavy atom. The molecule has 0 saturated carbocycles. The van der Waals surface area contributed by atoms with Gasteiger partial charge in [0, 0.05) is 29.7 Å². The van der Waals surface area contributed by atoms with Crippen LogP contribution in [-0.4, -0.2) is 28.2 Å². The molecule has 108 valence electrons. The minimum Gasteiger partial charge on any atom is -0.394 e. The molecule has 2 atom stereocenters. The monoisotopic (exact) mass is 274 g/mol. The van der Waals surface area contributed by atoms with Gasteiger partial charge in [-0.15, -0.1) is 0 Å². The molecule has 0 radical (unpaired) electrons. The van der Waals surface area contributed by atoms with E-state index in [0.717, 1.165) is 17.3 Å². The van der Waals surface area contributed by atoms with E-state index in [0.29, 0.717) is 5.56 Å². The number of hydrogen-bond acceptors (Lipinski definition) is 2. The van der Waals surface area contributed by atoms with Crippen LogP contribution in [0.25, 0.3) is 10.9 Å². The molecular formula is C16H22N2O2. The first-order valence-electron chi connectivity index (χ1n) is 7.03. The molecule has 0 aliphatic heterocycles. The lowest BCUT2D eigenvalue weighted by molar-refractivity contribution is 0.0891. The zero-order valence-corrected chi connectivity index (χ0v) is 12.3. The Balaban J connectivity index is 2.18. The Kier molecular flexibility index (Phi) is 4.45. The van der Waals surface area contributed by atoms with Crippen LogP contribution in [0.15, 0.2) is 30.5 Å². The van der Waals surface area contributed by atoms with Gasteiger partial charge in [-0.2, -0.15) is 0 Å². The third-order valence-corrected chi connectivity index (χ3v) is 3.99. The lowest BCUT2D eigenvalue weighted by Gasteiger charge is -2.22. The molecule has 2 rings (SSSR count). The van der Waals surface area contributed by atoms with Crippen LogP contribution >= 0.6 is 0 Å². The van der Waals surface area contributed by atoms with Crippen LogP contribution in [0.2, 0.25) is 0 Å². The second kappa shape index (κ2) is 6.09. The van der Waals surface area contributed by atoms with Gasteiger partial charge < -0.3 is 15.0 Å². The molecule has 1 aromatic carbocycles.